The molecule has 0 aliphatic rings. The summed E-state index contributed by atoms with van der Waals surface area (Å²) >= 11 is 2.71. The fraction of sp³-hybridized carbons (Fsp3) is 0.231. The Morgan fingerprint density at radius 2 is 2.12 bits per heavy atom. The quantitative estimate of drug-likeness (QED) is 0.556. The maximum atomic E-state index is 5.82. The van der Waals surface area contributed by atoms with Crippen molar-refractivity contribution in [3.05, 3.63) is 29.7 Å². The highest BCUT2D eigenvalue weighted by atomic mass is 32.2. The van der Waals surface area contributed by atoms with Crippen molar-refractivity contribution >= 4 is 28.2 Å². The maximum Gasteiger partial charge on any atom is 0.203 e. The van der Waals surface area contributed by atoms with Gasteiger partial charge in [-0.2, -0.15) is 0 Å². The number of aromatic nitrogens is 8. The van der Waals surface area contributed by atoms with Crippen LogP contribution in [0.4, 0.5) is 5.13 Å². The van der Waals surface area contributed by atoms with Crippen LogP contribution in [0.5, 0.6) is 0 Å². The van der Waals surface area contributed by atoms with Gasteiger partial charge in [-0.05, 0) is 30.8 Å². The van der Waals surface area contributed by atoms with Crippen LogP contribution in [0, 0.1) is 0 Å². The number of anilines is 1. The first-order valence-corrected chi connectivity index (χ1v) is 8.86. The van der Waals surface area contributed by atoms with Gasteiger partial charge in [-0.25, -0.2) is 4.68 Å². The Morgan fingerprint density at radius 1 is 1.24 bits per heavy atom. The van der Waals surface area contributed by atoms with Gasteiger partial charge >= 0.3 is 0 Å². The molecule has 0 unspecified atom stereocenters. The maximum absolute atomic E-state index is 5.82. The third-order valence-electron chi connectivity index (χ3n) is 3.42. The van der Waals surface area contributed by atoms with Crippen molar-refractivity contribution in [1.29, 1.82) is 0 Å². The predicted octanol–water partition coefficient (Wildman–Crippen LogP) is 1.86. The van der Waals surface area contributed by atoms with Crippen molar-refractivity contribution in [1.82, 2.24) is 40.0 Å². The van der Waals surface area contributed by atoms with E-state index in [-0.39, 0.29) is 6.04 Å². The summed E-state index contributed by atoms with van der Waals surface area (Å²) in [5, 5.41) is 26.7. The summed E-state index contributed by atoms with van der Waals surface area (Å²) < 4.78 is 9.34. The first-order valence-electron chi connectivity index (χ1n) is 7.23. The molecule has 1 atom stereocenters. The Hall–Kier alpha value is -2.73. The van der Waals surface area contributed by atoms with Gasteiger partial charge in [0.15, 0.2) is 16.0 Å². The Kier molecular flexibility index (Phi) is 3.97. The zero-order chi connectivity index (χ0) is 17.4. The Morgan fingerprint density at radius 3 is 2.84 bits per heavy atom. The van der Waals surface area contributed by atoms with Gasteiger partial charge in [0.25, 0.3) is 0 Å². The zero-order valence-corrected chi connectivity index (χ0v) is 14.9. The summed E-state index contributed by atoms with van der Waals surface area (Å²) in [7, 11) is 1.87. The van der Waals surface area contributed by atoms with Crippen molar-refractivity contribution in [3.8, 4) is 11.5 Å². The van der Waals surface area contributed by atoms with Crippen molar-refractivity contribution in [2.75, 3.05) is 5.73 Å². The topological polar surface area (TPSA) is 126 Å². The van der Waals surface area contributed by atoms with E-state index in [1.807, 2.05) is 30.7 Å². The number of hydrogen-bond donors (Lipinski definition) is 1. The van der Waals surface area contributed by atoms with E-state index in [0.717, 1.165) is 10.2 Å². The highest BCUT2D eigenvalue weighted by molar-refractivity contribution is 7.99. The average Bonchev–Trinajstić information content (AvgIpc) is 3.36. The number of furan rings is 1. The number of nitrogens with two attached hydrogens (primary N) is 1. The van der Waals surface area contributed by atoms with Gasteiger partial charge in [-0.1, -0.05) is 16.6 Å². The van der Waals surface area contributed by atoms with E-state index in [1.54, 1.807) is 17.2 Å². The Balaban J connectivity index is 1.53. The minimum absolute atomic E-state index is 0.112. The third kappa shape index (κ3) is 3.13. The van der Waals surface area contributed by atoms with Crippen molar-refractivity contribution in [2.24, 2.45) is 7.05 Å². The van der Waals surface area contributed by atoms with Crippen molar-refractivity contribution in [2.45, 2.75) is 23.2 Å². The predicted molar refractivity (Wildman–Crippen MR) is 91.0 cm³/mol. The van der Waals surface area contributed by atoms with Crippen LogP contribution >= 0.6 is 23.1 Å². The Labute approximate surface area is 150 Å². The molecule has 0 aliphatic heterocycles. The summed E-state index contributed by atoms with van der Waals surface area (Å²) in [5.74, 6) is 0.625. The van der Waals surface area contributed by atoms with E-state index in [2.05, 4.69) is 30.7 Å². The van der Waals surface area contributed by atoms with E-state index in [9.17, 15) is 0 Å². The molecule has 0 saturated carbocycles. The molecule has 128 valence electrons. The van der Waals surface area contributed by atoms with Gasteiger partial charge in [-0.15, -0.1) is 25.5 Å². The summed E-state index contributed by atoms with van der Waals surface area (Å²) in [6.45, 7) is 1.95. The normalized spacial score (nSPS) is 12.6. The molecule has 0 fully saturated rings. The van der Waals surface area contributed by atoms with Crippen LogP contribution in [0.2, 0.25) is 0 Å². The van der Waals surface area contributed by atoms with E-state index >= 15 is 0 Å². The molecule has 10 nitrogen and oxygen atoms in total. The smallest absolute Gasteiger partial charge is 0.203 e. The van der Waals surface area contributed by atoms with E-state index < -0.39 is 0 Å². The summed E-state index contributed by atoms with van der Waals surface area (Å²) in [6, 6.07) is 3.60. The minimum atomic E-state index is -0.112. The molecule has 0 aromatic carbocycles. The monoisotopic (exact) mass is 375 g/mol. The molecule has 4 heterocycles. The highest BCUT2D eigenvalue weighted by Gasteiger charge is 2.17. The third-order valence-corrected chi connectivity index (χ3v) is 5.31. The van der Waals surface area contributed by atoms with Crippen LogP contribution in [-0.2, 0) is 7.05 Å². The van der Waals surface area contributed by atoms with Crippen LogP contribution in [0.3, 0.4) is 0 Å². The molecule has 0 radical (unpaired) electrons. The molecule has 2 N–H and O–H groups in total. The molecule has 25 heavy (non-hydrogen) atoms. The second kappa shape index (κ2) is 6.29. The lowest BCUT2D eigenvalue weighted by atomic mass is 10.3. The first kappa shape index (κ1) is 15.8. The molecular formula is C13H13N9OS2. The van der Waals surface area contributed by atoms with Gasteiger partial charge in [0, 0.05) is 7.05 Å². The molecule has 0 spiro atoms. The fourth-order valence-corrected chi connectivity index (χ4v) is 3.46. The standard InChI is InChI=1S/C13H13N9OS2/c1-7(11-17-18-12(14)25-11)22-5-8(16-20-22)9-3-4-10(23-9)24-13-19-15-6-21(13)2/h3-7H,1-2H3,(H2,14,18)/t7-/m0/s1. The number of nitrogens with zero attached hydrogens (tertiary/aromatic N) is 8. The largest absolute Gasteiger partial charge is 0.448 e. The molecule has 0 aliphatic carbocycles. The summed E-state index contributed by atoms with van der Waals surface area (Å²) in [6.07, 6.45) is 3.44. The van der Waals surface area contributed by atoms with Gasteiger partial charge in [0.2, 0.25) is 5.13 Å². The van der Waals surface area contributed by atoms with E-state index in [4.69, 9.17) is 10.2 Å². The minimum Gasteiger partial charge on any atom is -0.448 e. The second-order valence-electron chi connectivity index (χ2n) is 5.18. The van der Waals surface area contributed by atoms with E-state index in [1.165, 1.54) is 23.1 Å². The number of hydrogen-bond acceptors (Lipinski definition) is 10. The van der Waals surface area contributed by atoms with Crippen molar-refractivity contribution < 1.29 is 4.42 Å². The average molecular weight is 375 g/mol. The van der Waals surface area contributed by atoms with Crippen molar-refractivity contribution in [3.63, 3.8) is 0 Å². The number of nitrogen functional groups attached to an aromatic ring is 1. The number of aryl methyl sites for hydroxylation is 1. The lowest BCUT2D eigenvalue weighted by molar-refractivity contribution is 0.485. The molecule has 4 rings (SSSR count). The molecule has 12 heteroatoms. The SMILES string of the molecule is C[C@@H](c1nnc(N)s1)n1cc(-c2ccc(Sc3nncn3C)o2)nn1. The number of rotatable bonds is 5. The van der Waals surface area contributed by atoms with Gasteiger partial charge < -0.3 is 14.7 Å². The first-order chi connectivity index (χ1) is 12.1. The lowest BCUT2D eigenvalue weighted by Gasteiger charge is -2.05. The Bertz CT molecular complexity index is 1000. The van der Waals surface area contributed by atoms with Gasteiger partial charge in [-0.3, -0.25) is 0 Å². The second-order valence-corrected chi connectivity index (χ2v) is 7.20. The molecule has 4 aromatic rings. The summed E-state index contributed by atoms with van der Waals surface area (Å²) in [4.78, 5) is 0. The molecule has 0 bridgehead atoms. The van der Waals surface area contributed by atoms with Gasteiger partial charge in [0.1, 0.15) is 23.1 Å². The molecule has 0 amide bonds. The highest BCUT2D eigenvalue weighted by Crippen LogP contribution is 2.31. The zero-order valence-electron chi connectivity index (χ0n) is 13.3. The van der Waals surface area contributed by atoms with Crippen LogP contribution in [0.1, 0.15) is 18.0 Å². The molecular weight excluding hydrogens is 362 g/mol. The lowest BCUT2D eigenvalue weighted by Crippen LogP contribution is -2.07. The fourth-order valence-electron chi connectivity index (χ4n) is 2.08. The molecule has 0 saturated heterocycles. The summed E-state index contributed by atoms with van der Waals surface area (Å²) in [5.41, 5.74) is 6.26. The van der Waals surface area contributed by atoms with Crippen LogP contribution in [-0.4, -0.2) is 40.0 Å². The van der Waals surface area contributed by atoms with Crippen LogP contribution in [0.25, 0.3) is 11.5 Å². The van der Waals surface area contributed by atoms with Crippen LogP contribution in [0.15, 0.2) is 39.3 Å². The molecule has 4 aromatic heterocycles. The van der Waals surface area contributed by atoms with E-state index in [0.29, 0.717) is 21.7 Å². The van der Waals surface area contributed by atoms with Crippen LogP contribution < -0.4 is 5.73 Å². The van der Waals surface area contributed by atoms with Gasteiger partial charge in [0.05, 0.1) is 6.20 Å².